The number of carboxylic acids is 1. The van der Waals surface area contributed by atoms with Crippen molar-refractivity contribution in [3.05, 3.63) is 0 Å². The van der Waals surface area contributed by atoms with E-state index in [4.69, 9.17) is 0 Å². The lowest BCUT2D eigenvalue weighted by atomic mass is 9.93. The van der Waals surface area contributed by atoms with Crippen molar-refractivity contribution in [3.8, 4) is 0 Å². The fourth-order valence-corrected chi connectivity index (χ4v) is 3.05. The van der Waals surface area contributed by atoms with Gasteiger partial charge in [0.1, 0.15) is 5.54 Å². The number of aliphatic carboxylic acids is 1. The summed E-state index contributed by atoms with van der Waals surface area (Å²) in [7, 11) is 1.73. The maximum Gasteiger partial charge on any atom is 0.323 e. The van der Waals surface area contributed by atoms with E-state index in [2.05, 4.69) is 24.1 Å². The molecule has 1 saturated heterocycles. The van der Waals surface area contributed by atoms with Crippen LogP contribution >= 0.6 is 0 Å². The van der Waals surface area contributed by atoms with Crippen molar-refractivity contribution in [2.45, 2.75) is 64.5 Å². The molecule has 0 radical (unpaired) electrons. The zero-order valence-corrected chi connectivity index (χ0v) is 12.9. The van der Waals surface area contributed by atoms with Crippen LogP contribution in [0.4, 0.5) is 0 Å². The van der Waals surface area contributed by atoms with Gasteiger partial charge in [0.2, 0.25) is 0 Å². The van der Waals surface area contributed by atoms with Crippen LogP contribution in [-0.2, 0) is 4.79 Å². The molecule has 1 heterocycles. The molecule has 0 aromatic heterocycles. The predicted octanol–water partition coefficient (Wildman–Crippen LogP) is 2.34. The van der Waals surface area contributed by atoms with Crippen molar-refractivity contribution in [2.24, 2.45) is 5.92 Å². The monoisotopic (exact) mass is 270 g/mol. The molecule has 3 unspecified atom stereocenters. The molecule has 0 aliphatic carbocycles. The van der Waals surface area contributed by atoms with E-state index in [1.807, 2.05) is 0 Å². The molecule has 3 atom stereocenters. The Balaban J connectivity index is 2.57. The van der Waals surface area contributed by atoms with E-state index in [-0.39, 0.29) is 0 Å². The van der Waals surface area contributed by atoms with E-state index in [1.165, 1.54) is 25.7 Å². The van der Waals surface area contributed by atoms with Crippen molar-refractivity contribution in [1.82, 2.24) is 10.2 Å². The van der Waals surface area contributed by atoms with Crippen LogP contribution < -0.4 is 5.32 Å². The SMILES string of the molecule is CCC1CCCN(C(C)CC(C)(NC)C(=O)O)CC1. The first kappa shape index (κ1) is 16.4. The number of nitrogens with zero attached hydrogens (tertiary/aromatic N) is 1. The van der Waals surface area contributed by atoms with E-state index in [1.54, 1.807) is 14.0 Å². The molecule has 1 rings (SSSR count). The van der Waals surface area contributed by atoms with Crippen LogP contribution in [0.15, 0.2) is 0 Å². The predicted molar refractivity (Wildman–Crippen MR) is 78.4 cm³/mol. The quantitative estimate of drug-likeness (QED) is 0.778. The summed E-state index contributed by atoms with van der Waals surface area (Å²) in [5, 5.41) is 12.3. The summed E-state index contributed by atoms with van der Waals surface area (Å²) in [5.74, 6) is 0.0930. The third-order valence-corrected chi connectivity index (χ3v) is 4.81. The van der Waals surface area contributed by atoms with Gasteiger partial charge in [-0.1, -0.05) is 13.3 Å². The van der Waals surface area contributed by atoms with Crippen LogP contribution in [0.2, 0.25) is 0 Å². The Bertz CT molecular complexity index is 296. The van der Waals surface area contributed by atoms with Gasteiger partial charge in [-0.2, -0.15) is 0 Å². The largest absolute Gasteiger partial charge is 0.480 e. The van der Waals surface area contributed by atoms with Crippen molar-refractivity contribution < 1.29 is 9.90 Å². The van der Waals surface area contributed by atoms with Crippen molar-refractivity contribution in [2.75, 3.05) is 20.1 Å². The Kier molecular flexibility index (Phi) is 6.27. The molecular formula is C15H30N2O2. The van der Waals surface area contributed by atoms with Crippen LogP contribution in [0.5, 0.6) is 0 Å². The van der Waals surface area contributed by atoms with E-state index in [0.29, 0.717) is 12.5 Å². The third kappa shape index (κ3) is 4.46. The second kappa shape index (κ2) is 7.25. The Hall–Kier alpha value is -0.610. The van der Waals surface area contributed by atoms with Gasteiger partial charge in [0, 0.05) is 6.04 Å². The van der Waals surface area contributed by atoms with Gasteiger partial charge < -0.3 is 15.3 Å². The molecule has 0 bridgehead atoms. The summed E-state index contributed by atoms with van der Waals surface area (Å²) in [6, 6.07) is 0.309. The van der Waals surface area contributed by atoms with Crippen LogP contribution in [0.25, 0.3) is 0 Å². The highest BCUT2D eigenvalue weighted by molar-refractivity contribution is 5.78. The Morgan fingerprint density at radius 3 is 2.68 bits per heavy atom. The molecule has 0 amide bonds. The first-order valence-corrected chi connectivity index (χ1v) is 7.59. The number of hydrogen-bond donors (Lipinski definition) is 2. The lowest BCUT2D eigenvalue weighted by Gasteiger charge is -2.34. The number of nitrogens with one attached hydrogen (secondary N) is 1. The van der Waals surface area contributed by atoms with Gasteiger partial charge in [-0.15, -0.1) is 0 Å². The Morgan fingerprint density at radius 2 is 2.16 bits per heavy atom. The molecule has 0 saturated carbocycles. The van der Waals surface area contributed by atoms with Gasteiger partial charge in [-0.25, -0.2) is 0 Å². The minimum atomic E-state index is -0.824. The van der Waals surface area contributed by atoms with Crippen molar-refractivity contribution >= 4 is 5.97 Å². The number of carbonyl (C=O) groups is 1. The first-order chi connectivity index (χ1) is 8.92. The van der Waals surface area contributed by atoms with Crippen LogP contribution in [0.3, 0.4) is 0 Å². The maximum atomic E-state index is 11.4. The minimum absolute atomic E-state index is 0.309. The number of rotatable bonds is 6. The Morgan fingerprint density at radius 1 is 1.47 bits per heavy atom. The lowest BCUT2D eigenvalue weighted by Crippen LogP contribution is -2.52. The molecule has 0 aromatic carbocycles. The highest BCUT2D eigenvalue weighted by Gasteiger charge is 2.34. The van der Waals surface area contributed by atoms with E-state index in [0.717, 1.165) is 19.0 Å². The summed E-state index contributed by atoms with van der Waals surface area (Å²) in [6.07, 6.45) is 5.74. The highest BCUT2D eigenvalue weighted by Crippen LogP contribution is 2.24. The topological polar surface area (TPSA) is 52.6 Å². The first-order valence-electron chi connectivity index (χ1n) is 7.59. The molecule has 1 fully saturated rings. The van der Waals surface area contributed by atoms with E-state index < -0.39 is 11.5 Å². The molecule has 0 spiro atoms. The number of likely N-dealkylation sites (tertiary alicyclic amines) is 1. The van der Waals surface area contributed by atoms with Gasteiger partial charge in [0.05, 0.1) is 0 Å². The van der Waals surface area contributed by atoms with Gasteiger partial charge in [-0.05, 0) is 65.6 Å². The maximum absolute atomic E-state index is 11.4. The molecule has 4 nitrogen and oxygen atoms in total. The lowest BCUT2D eigenvalue weighted by molar-refractivity contribution is -0.144. The minimum Gasteiger partial charge on any atom is -0.480 e. The summed E-state index contributed by atoms with van der Waals surface area (Å²) in [5.41, 5.74) is -0.824. The van der Waals surface area contributed by atoms with Gasteiger partial charge in [-0.3, -0.25) is 4.79 Å². The zero-order valence-electron chi connectivity index (χ0n) is 12.9. The number of likely N-dealkylation sites (N-methyl/N-ethyl adjacent to an activating group) is 1. The number of carboxylic acid groups (broad SMARTS) is 1. The molecule has 1 aliphatic rings. The van der Waals surface area contributed by atoms with Crippen molar-refractivity contribution in [1.29, 1.82) is 0 Å². The fraction of sp³-hybridized carbons (Fsp3) is 0.933. The van der Waals surface area contributed by atoms with Gasteiger partial charge in [0.15, 0.2) is 0 Å². The second-order valence-corrected chi connectivity index (χ2v) is 6.18. The Labute approximate surface area is 117 Å². The molecule has 2 N–H and O–H groups in total. The standard InChI is InChI=1S/C15H30N2O2/c1-5-13-7-6-9-17(10-8-13)12(2)11-15(3,16-4)14(18)19/h12-13,16H,5-11H2,1-4H3,(H,18,19). The average molecular weight is 270 g/mol. The smallest absolute Gasteiger partial charge is 0.323 e. The molecule has 1 aliphatic heterocycles. The average Bonchev–Trinajstić information content (AvgIpc) is 2.63. The highest BCUT2D eigenvalue weighted by atomic mass is 16.4. The fourth-order valence-electron chi connectivity index (χ4n) is 3.05. The summed E-state index contributed by atoms with van der Waals surface area (Å²) < 4.78 is 0. The zero-order chi connectivity index (χ0) is 14.5. The molecule has 4 heteroatoms. The molecule has 19 heavy (non-hydrogen) atoms. The van der Waals surface area contributed by atoms with E-state index >= 15 is 0 Å². The molecule has 112 valence electrons. The summed E-state index contributed by atoms with van der Waals surface area (Å²) in [4.78, 5) is 13.8. The number of hydrogen-bond acceptors (Lipinski definition) is 3. The summed E-state index contributed by atoms with van der Waals surface area (Å²) in [6.45, 7) is 8.42. The second-order valence-electron chi connectivity index (χ2n) is 6.18. The van der Waals surface area contributed by atoms with Crippen LogP contribution in [0.1, 0.15) is 52.9 Å². The normalized spacial score (nSPS) is 26.4. The van der Waals surface area contributed by atoms with Crippen molar-refractivity contribution in [3.63, 3.8) is 0 Å². The van der Waals surface area contributed by atoms with Gasteiger partial charge in [0.25, 0.3) is 0 Å². The van der Waals surface area contributed by atoms with Gasteiger partial charge >= 0.3 is 5.97 Å². The van der Waals surface area contributed by atoms with Crippen LogP contribution in [0, 0.1) is 5.92 Å². The van der Waals surface area contributed by atoms with E-state index in [9.17, 15) is 9.90 Å². The third-order valence-electron chi connectivity index (χ3n) is 4.81. The molecular weight excluding hydrogens is 240 g/mol. The van der Waals surface area contributed by atoms with Crippen LogP contribution in [-0.4, -0.2) is 47.7 Å². The summed E-state index contributed by atoms with van der Waals surface area (Å²) >= 11 is 0. The molecule has 0 aromatic rings.